The highest BCUT2D eigenvalue weighted by molar-refractivity contribution is 6.70. The molecule has 162 valence electrons. The van der Waals surface area contributed by atoms with E-state index in [1.165, 1.54) is 0 Å². The molecule has 9 heteroatoms. The Hall–Kier alpha value is -1.04. The van der Waals surface area contributed by atoms with E-state index in [0.29, 0.717) is 24.7 Å². The van der Waals surface area contributed by atoms with Gasteiger partial charge in [-0.25, -0.2) is 14.5 Å². The van der Waals surface area contributed by atoms with Crippen LogP contribution in [0, 0.1) is 0 Å². The number of aromatic nitrogens is 3. The average Bonchev–Trinajstić information content (AvgIpc) is 2.97. The van der Waals surface area contributed by atoms with Crippen molar-refractivity contribution in [3.05, 3.63) is 11.6 Å². The number of rotatable bonds is 10. The van der Waals surface area contributed by atoms with E-state index in [-0.39, 0.29) is 18.2 Å². The van der Waals surface area contributed by atoms with Gasteiger partial charge in [-0.05, 0) is 73.4 Å². The molecule has 3 atom stereocenters. The average molecular weight is 430 g/mol. The van der Waals surface area contributed by atoms with Crippen LogP contribution in [0.3, 0.4) is 0 Å². The fourth-order valence-corrected chi connectivity index (χ4v) is 5.30. The minimum Gasteiger partial charge on any atom is -0.464 e. The van der Waals surface area contributed by atoms with Crippen LogP contribution in [0.2, 0.25) is 39.3 Å². The molecule has 0 aliphatic heterocycles. The Labute approximate surface area is 172 Å². The normalized spacial score (nSPS) is 17.1. The molecule has 28 heavy (non-hydrogen) atoms. The third kappa shape index (κ3) is 6.50. The molecule has 0 spiro atoms. The third-order valence-corrected chi connectivity index (χ3v) is 6.43. The van der Waals surface area contributed by atoms with Crippen molar-refractivity contribution in [2.45, 2.75) is 98.1 Å². The highest BCUT2D eigenvalue weighted by Crippen LogP contribution is 2.31. The SMILES string of the molecule is CCOC(=O)C(C)(CC)n1nc(C(C)O[Si](C)(C)C)nc1C(C)O[Si](C)(C)C. The van der Waals surface area contributed by atoms with E-state index >= 15 is 0 Å². The lowest BCUT2D eigenvalue weighted by Crippen LogP contribution is -2.42. The van der Waals surface area contributed by atoms with Crippen molar-refractivity contribution in [1.82, 2.24) is 14.8 Å². The molecule has 1 heterocycles. The Morgan fingerprint density at radius 3 is 1.96 bits per heavy atom. The second-order valence-corrected chi connectivity index (χ2v) is 18.3. The predicted octanol–water partition coefficient (Wildman–Crippen LogP) is 4.79. The molecule has 0 radical (unpaired) electrons. The summed E-state index contributed by atoms with van der Waals surface area (Å²) in [5, 5.41) is 4.73. The van der Waals surface area contributed by atoms with Crippen LogP contribution in [0.25, 0.3) is 0 Å². The summed E-state index contributed by atoms with van der Waals surface area (Å²) in [6, 6.07) is 0. The minimum atomic E-state index is -1.82. The van der Waals surface area contributed by atoms with Gasteiger partial charge in [-0.15, -0.1) is 0 Å². The second-order valence-electron chi connectivity index (χ2n) is 9.33. The lowest BCUT2D eigenvalue weighted by Gasteiger charge is -2.30. The molecule has 0 saturated carbocycles. The Balaban J connectivity index is 3.47. The summed E-state index contributed by atoms with van der Waals surface area (Å²) in [6.07, 6.45) is -0.00812. The molecule has 1 aromatic rings. The lowest BCUT2D eigenvalue weighted by molar-refractivity contribution is -0.154. The molecular formula is C19H39N3O4Si2. The van der Waals surface area contributed by atoms with Crippen LogP contribution in [0.15, 0.2) is 0 Å². The molecule has 0 bridgehead atoms. The fourth-order valence-electron chi connectivity index (χ4n) is 2.97. The Bertz CT molecular complexity index is 667. The van der Waals surface area contributed by atoms with E-state index in [0.717, 1.165) is 0 Å². The van der Waals surface area contributed by atoms with Gasteiger partial charge in [0.15, 0.2) is 33.8 Å². The molecule has 0 aliphatic carbocycles. The predicted molar refractivity (Wildman–Crippen MR) is 116 cm³/mol. The molecule has 1 aromatic heterocycles. The topological polar surface area (TPSA) is 75.5 Å². The van der Waals surface area contributed by atoms with Gasteiger partial charge in [-0.3, -0.25) is 0 Å². The number of nitrogens with zero attached hydrogens (tertiary/aromatic N) is 3. The number of hydrogen-bond donors (Lipinski definition) is 0. The van der Waals surface area contributed by atoms with Crippen molar-refractivity contribution in [2.24, 2.45) is 0 Å². The maximum Gasteiger partial charge on any atom is 0.333 e. The van der Waals surface area contributed by atoms with Gasteiger partial charge >= 0.3 is 5.97 Å². The summed E-state index contributed by atoms with van der Waals surface area (Å²) in [5.74, 6) is 0.905. The summed E-state index contributed by atoms with van der Waals surface area (Å²) < 4.78 is 19.5. The molecule has 0 aromatic carbocycles. The molecule has 0 saturated heterocycles. The van der Waals surface area contributed by atoms with Gasteiger partial charge in [-0.1, -0.05) is 6.92 Å². The van der Waals surface area contributed by atoms with E-state index in [1.807, 2.05) is 34.6 Å². The molecule has 0 aliphatic rings. The van der Waals surface area contributed by atoms with Gasteiger partial charge in [0.1, 0.15) is 12.2 Å². The Kier molecular flexibility index (Phi) is 8.20. The van der Waals surface area contributed by atoms with Gasteiger partial charge in [0.25, 0.3) is 0 Å². The molecule has 0 fully saturated rings. The molecular weight excluding hydrogens is 390 g/mol. The van der Waals surface area contributed by atoms with Gasteiger partial charge in [-0.2, -0.15) is 5.10 Å². The Morgan fingerprint density at radius 2 is 1.54 bits per heavy atom. The highest BCUT2D eigenvalue weighted by atomic mass is 28.4. The van der Waals surface area contributed by atoms with Crippen molar-refractivity contribution >= 4 is 22.6 Å². The second kappa shape index (κ2) is 9.19. The van der Waals surface area contributed by atoms with Gasteiger partial charge in [0, 0.05) is 0 Å². The first-order chi connectivity index (χ1) is 12.6. The standard InChI is InChI=1S/C19H39N3O4Si2/c1-12-19(5,18(23)24-13-2)22-17(15(4)26-28(9,10)11)20-16(21-22)14(3)25-27(6,7)8/h14-15H,12-13H2,1-11H3. The van der Waals surface area contributed by atoms with Crippen LogP contribution in [-0.4, -0.2) is 44.0 Å². The van der Waals surface area contributed by atoms with E-state index in [1.54, 1.807) is 4.68 Å². The summed E-state index contributed by atoms with van der Waals surface area (Å²) >= 11 is 0. The molecule has 7 nitrogen and oxygen atoms in total. The van der Waals surface area contributed by atoms with Gasteiger partial charge < -0.3 is 13.6 Å². The monoisotopic (exact) mass is 429 g/mol. The van der Waals surface area contributed by atoms with Crippen LogP contribution in [-0.2, 0) is 23.9 Å². The van der Waals surface area contributed by atoms with E-state index < -0.39 is 22.2 Å². The zero-order valence-electron chi connectivity index (χ0n) is 19.5. The fraction of sp³-hybridized carbons (Fsp3) is 0.842. The van der Waals surface area contributed by atoms with Crippen LogP contribution >= 0.6 is 0 Å². The summed E-state index contributed by atoms with van der Waals surface area (Å²) in [6.45, 7) is 22.6. The molecule has 0 N–H and O–H groups in total. The quantitative estimate of drug-likeness (QED) is 0.393. The number of carbonyl (C=O) groups excluding carboxylic acids is 1. The maximum atomic E-state index is 12.8. The number of esters is 1. The smallest absolute Gasteiger partial charge is 0.333 e. The molecule has 3 unspecified atom stereocenters. The van der Waals surface area contributed by atoms with Crippen LogP contribution in [0.4, 0.5) is 0 Å². The maximum absolute atomic E-state index is 12.8. The van der Waals surface area contributed by atoms with Crippen LogP contribution in [0.1, 0.15) is 64.9 Å². The van der Waals surface area contributed by atoms with E-state index in [9.17, 15) is 4.79 Å². The van der Waals surface area contributed by atoms with Crippen molar-refractivity contribution < 1.29 is 18.4 Å². The largest absolute Gasteiger partial charge is 0.464 e. The third-order valence-electron chi connectivity index (χ3n) is 4.31. The molecule has 0 amide bonds. The van der Waals surface area contributed by atoms with E-state index in [2.05, 4.69) is 39.3 Å². The number of ether oxygens (including phenoxy) is 1. The first-order valence-electron chi connectivity index (χ1n) is 10.1. The van der Waals surface area contributed by atoms with Crippen LogP contribution in [0.5, 0.6) is 0 Å². The summed E-state index contributed by atoms with van der Waals surface area (Å²) in [5.41, 5.74) is -0.952. The minimum absolute atomic E-state index is 0.256. The lowest BCUT2D eigenvalue weighted by atomic mass is 9.99. The molecule has 1 rings (SSSR count). The zero-order chi connectivity index (χ0) is 21.9. The summed E-state index contributed by atoms with van der Waals surface area (Å²) in [4.78, 5) is 17.6. The number of hydrogen-bond acceptors (Lipinski definition) is 6. The first kappa shape index (κ1) is 25.0. The zero-order valence-corrected chi connectivity index (χ0v) is 21.5. The van der Waals surface area contributed by atoms with Gasteiger partial charge in [0.2, 0.25) is 0 Å². The highest BCUT2D eigenvalue weighted by Gasteiger charge is 2.41. The van der Waals surface area contributed by atoms with Crippen LogP contribution < -0.4 is 0 Å². The van der Waals surface area contributed by atoms with Crippen molar-refractivity contribution in [3.8, 4) is 0 Å². The summed E-state index contributed by atoms with van der Waals surface area (Å²) in [7, 11) is -3.59. The van der Waals surface area contributed by atoms with Crippen molar-refractivity contribution in [1.29, 1.82) is 0 Å². The Morgan fingerprint density at radius 1 is 1.04 bits per heavy atom. The van der Waals surface area contributed by atoms with Crippen molar-refractivity contribution in [2.75, 3.05) is 6.61 Å². The van der Waals surface area contributed by atoms with Crippen molar-refractivity contribution in [3.63, 3.8) is 0 Å². The number of carbonyl (C=O) groups is 1. The van der Waals surface area contributed by atoms with E-state index in [4.69, 9.17) is 23.7 Å². The van der Waals surface area contributed by atoms with Gasteiger partial charge in [0.05, 0.1) is 6.61 Å². The first-order valence-corrected chi connectivity index (χ1v) is 17.0.